The second kappa shape index (κ2) is 9.52. The van der Waals surface area contributed by atoms with Gasteiger partial charge in [0.2, 0.25) is 0 Å². The first-order valence-electron chi connectivity index (χ1n) is 10.3. The number of aliphatic carboxylic acids is 1. The van der Waals surface area contributed by atoms with Crippen LogP contribution in [0, 0.1) is 0 Å². The first kappa shape index (κ1) is 23.3. The van der Waals surface area contributed by atoms with E-state index in [-0.39, 0.29) is 24.3 Å². The Morgan fingerprint density at radius 1 is 1.12 bits per heavy atom. The molecule has 0 saturated carbocycles. The summed E-state index contributed by atoms with van der Waals surface area (Å²) < 4.78 is 52.0. The van der Waals surface area contributed by atoms with Crippen molar-refractivity contribution in [3.63, 3.8) is 0 Å². The van der Waals surface area contributed by atoms with E-state index in [1.165, 1.54) is 11.3 Å². The summed E-state index contributed by atoms with van der Waals surface area (Å²) in [5.41, 5.74) is 2.86. The van der Waals surface area contributed by atoms with E-state index < -0.39 is 17.0 Å². The molecule has 1 N–H and O–H groups in total. The quantitative estimate of drug-likeness (QED) is 0.283. The Kier molecular flexibility index (Phi) is 6.71. The molecule has 0 radical (unpaired) electrons. The van der Waals surface area contributed by atoms with Crippen LogP contribution in [0.1, 0.15) is 34.9 Å². The maximum Gasteiger partial charge on any atom is 0.427 e. The van der Waals surface area contributed by atoms with Gasteiger partial charge in [-0.2, -0.15) is 17.5 Å². The monoisotopic (exact) mass is 491 g/mol. The number of ether oxygens (including phenoxy) is 1. The highest BCUT2D eigenvalue weighted by molar-refractivity contribution is 7.17. The molecule has 0 unspecified atom stereocenters. The van der Waals surface area contributed by atoms with Crippen LogP contribution in [-0.4, -0.2) is 15.4 Å². The lowest BCUT2D eigenvalue weighted by Gasteiger charge is -2.13. The minimum Gasteiger partial charge on any atom is -0.488 e. The zero-order chi connectivity index (χ0) is 23.6. The van der Waals surface area contributed by atoms with Crippen LogP contribution < -0.4 is 4.74 Å². The third kappa shape index (κ3) is 5.04. The van der Waals surface area contributed by atoms with Crippen molar-refractivity contribution in [3.05, 3.63) is 69.4 Å². The summed E-state index contributed by atoms with van der Waals surface area (Å²) in [7, 11) is 0. The number of carboxylic acid groups (broad SMARTS) is 1. The van der Waals surface area contributed by atoms with E-state index in [4.69, 9.17) is 9.84 Å². The summed E-state index contributed by atoms with van der Waals surface area (Å²) in [6, 6.07) is 12.6. The van der Waals surface area contributed by atoms with Crippen LogP contribution in [0.3, 0.4) is 0 Å². The highest BCUT2D eigenvalue weighted by Gasteiger charge is 2.38. The van der Waals surface area contributed by atoms with E-state index in [9.17, 15) is 18.0 Å². The fourth-order valence-electron chi connectivity index (χ4n) is 3.60. The van der Waals surface area contributed by atoms with Crippen molar-refractivity contribution in [3.8, 4) is 17.0 Å². The average molecular weight is 492 g/mol. The van der Waals surface area contributed by atoms with Crippen LogP contribution in [0.5, 0.6) is 5.75 Å². The Hall–Kier alpha value is -2.91. The minimum absolute atomic E-state index is 0.00288. The molecule has 4 rings (SSSR count). The molecule has 0 spiro atoms. The molecule has 0 aliphatic carbocycles. The van der Waals surface area contributed by atoms with Gasteiger partial charge in [0, 0.05) is 27.6 Å². The number of alkyl halides is 3. The third-order valence-electron chi connectivity index (χ3n) is 5.32. The van der Waals surface area contributed by atoms with Gasteiger partial charge in [0.1, 0.15) is 17.2 Å². The van der Waals surface area contributed by atoms with E-state index in [1.54, 1.807) is 24.3 Å². The largest absolute Gasteiger partial charge is 0.488 e. The minimum atomic E-state index is -4.53. The molecule has 172 valence electrons. The molecule has 0 amide bonds. The highest BCUT2D eigenvalue weighted by atomic mass is 32.1. The summed E-state index contributed by atoms with van der Waals surface area (Å²) in [5, 5.41) is 11.6. The number of halogens is 3. The second-order valence-corrected chi connectivity index (χ2v) is 9.15. The van der Waals surface area contributed by atoms with Gasteiger partial charge in [-0.15, -0.1) is 11.3 Å². The molecule has 0 fully saturated rings. The Bertz CT molecular complexity index is 1280. The molecule has 9 heteroatoms. The second-order valence-electron chi connectivity index (χ2n) is 7.46. The lowest BCUT2D eigenvalue weighted by atomic mass is 10.0. The van der Waals surface area contributed by atoms with Gasteiger partial charge in [0.05, 0.1) is 5.69 Å². The number of thiophene rings is 1. The van der Waals surface area contributed by atoms with E-state index >= 15 is 0 Å². The molecule has 0 aliphatic heterocycles. The molecule has 2 aromatic carbocycles. The topological polar surface area (TPSA) is 59.4 Å². The number of fused-ring (bicyclic) bond motifs is 1. The highest BCUT2D eigenvalue weighted by Crippen LogP contribution is 2.41. The number of carbonyl (C=O) groups is 1. The van der Waals surface area contributed by atoms with Gasteiger partial charge in [-0.1, -0.05) is 37.3 Å². The lowest BCUT2D eigenvalue weighted by molar-refractivity contribution is -0.137. The van der Waals surface area contributed by atoms with Crippen LogP contribution in [0.15, 0.2) is 47.8 Å². The predicted molar refractivity (Wildman–Crippen MR) is 124 cm³/mol. The van der Waals surface area contributed by atoms with E-state index in [0.29, 0.717) is 29.3 Å². The average Bonchev–Trinajstić information content (AvgIpc) is 3.44. The Morgan fingerprint density at radius 2 is 1.88 bits per heavy atom. The lowest BCUT2D eigenvalue weighted by Crippen LogP contribution is -2.08. The first-order valence-corrected chi connectivity index (χ1v) is 11.9. The van der Waals surface area contributed by atoms with Gasteiger partial charge >= 0.3 is 12.1 Å². The normalized spacial score (nSPS) is 11.8. The number of hydrogen-bond acceptors (Lipinski definition) is 5. The van der Waals surface area contributed by atoms with E-state index in [2.05, 4.69) is 4.37 Å². The molecule has 4 nitrogen and oxygen atoms in total. The number of nitrogens with zero attached hydrogens (tertiary/aromatic N) is 1. The van der Waals surface area contributed by atoms with Crippen LogP contribution in [0.25, 0.3) is 21.3 Å². The Balaban J connectivity index is 1.66. The van der Waals surface area contributed by atoms with Crippen molar-refractivity contribution in [1.29, 1.82) is 0 Å². The maximum absolute atomic E-state index is 13.7. The SMILES string of the molecule is CCc1ccc(-c2nsc(C(F)(F)F)c2COc2ccc(CCC(=O)O)c3sccc23)cc1. The molecular formula is C24H20F3NO3S2. The van der Waals surface area contributed by atoms with Gasteiger partial charge in [-0.05, 0) is 53.0 Å². The fraction of sp³-hybridized carbons (Fsp3) is 0.250. The van der Waals surface area contributed by atoms with Crippen LogP contribution in [0.4, 0.5) is 13.2 Å². The van der Waals surface area contributed by atoms with Crippen LogP contribution >= 0.6 is 22.9 Å². The van der Waals surface area contributed by atoms with Gasteiger partial charge in [0.15, 0.2) is 0 Å². The maximum atomic E-state index is 13.7. The van der Waals surface area contributed by atoms with Crippen molar-refractivity contribution in [1.82, 2.24) is 4.37 Å². The summed E-state index contributed by atoms with van der Waals surface area (Å²) in [5.74, 6) is -0.430. The number of benzene rings is 2. The Morgan fingerprint density at radius 3 is 2.55 bits per heavy atom. The molecule has 0 aliphatic rings. The van der Waals surface area contributed by atoms with Crippen molar-refractivity contribution in [2.45, 2.75) is 39.0 Å². The number of aromatic nitrogens is 1. The summed E-state index contributed by atoms with van der Waals surface area (Å²) in [6.45, 7) is 1.73. The van der Waals surface area contributed by atoms with Gasteiger partial charge in [-0.3, -0.25) is 4.79 Å². The molecule has 4 aromatic rings. The molecular weight excluding hydrogens is 471 g/mol. The molecule has 0 bridgehead atoms. The van der Waals surface area contributed by atoms with Crippen molar-refractivity contribution in [2.75, 3.05) is 0 Å². The van der Waals surface area contributed by atoms with Crippen molar-refractivity contribution in [2.24, 2.45) is 0 Å². The third-order valence-corrected chi connectivity index (χ3v) is 7.24. The summed E-state index contributed by atoms with van der Waals surface area (Å²) in [4.78, 5) is 10.2. The van der Waals surface area contributed by atoms with Gasteiger partial charge in [-0.25, -0.2) is 0 Å². The molecule has 0 atom stereocenters. The summed E-state index contributed by atoms with van der Waals surface area (Å²) in [6.07, 6.45) is -3.32. The Labute approximate surface area is 196 Å². The van der Waals surface area contributed by atoms with Crippen LogP contribution in [-0.2, 0) is 30.4 Å². The van der Waals surface area contributed by atoms with Crippen molar-refractivity contribution >= 4 is 38.9 Å². The zero-order valence-corrected chi connectivity index (χ0v) is 19.2. The fourth-order valence-corrected chi connectivity index (χ4v) is 5.32. The zero-order valence-electron chi connectivity index (χ0n) is 17.6. The van der Waals surface area contributed by atoms with Crippen molar-refractivity contribution < 1.29 is 27.8 Å². The van der Waals surface area contributed by atoms with Gasteiger partial charge < -0.3 is 9.84 Å². The molecule has 33 heavy (non-hydrogen) atoms. The predicted octanol–water partition coefficient (Wildman–Crippen LogP) is 7.20. The molecule has 2 aromatic heterocycles. The smallest absolute Gasteiger partial charge is 0.427 e. The molecule has 0 saturated heterocycles. The summed E-state index contributed by atoms with van der Waals surface area (Å²) >= 11 is 1.88. The number of rotatable bonds is 8. The number of carboxylic acids is 1. The number of hydrogen-bond donors (Lipinski definition) is 1. The first-order chi connectivity index (χ1) is 15.8. The van der Waals surface area contributed by atoms with E-state index in [1.807, 2.05) is 30.5 Å². The number of aryl methyl sites for hydroxylation is 2. The molecule has 2 heterocycles. The van der Waals surface area contributed by atoms with E-state index in [0.717, 1.165) is 27.6 Å². The van der Waals surface area contributed by atoms with Gasteiger partial charge in [0.25, 0.3) is 0 Å². The van der Waals surface area contributed by atoms with Crippen LogP contribution in [0.2, 0.25) is 0 Å². The standard InChI is InChI=1S/C24H20F3NO3S2/c1-2-14-3-5-15(6-4-14)21-18(23(33-28-21)24(25,26)27)13-31-19-9-7-16(8-10-20(29)30)22-17(19)11-12-32-22/h3-7,9,11-12H,2,8,10,13H2,1H3,(H,29,30).